The zero-order valence-corrected chi connectivity index (χ0v) is 37.6. The lowest BCUT2D eigenvalue weighted by molar-refractivity contribution is -0.143. The Bertz CT molecular complexity index is 832. The molecule has 3 N–H and O–H groups in total. The van der Waals surface area contributed by atoms with Crippen molar-refractivity contribution in [3.8, 4) is 0 Å². The Hall–Kier alpha value is -1.40. The lowest BCUT2D eigenvalue weighted by Crippen LogP contribution is -2.45. The average molecular weight is 792 g/mol. The van der Waals surface area contributed by atoms with Gasteiger partial charge < -0.3 is 20.3 Å². The highest BCUT2D eigenvalue weighted by atomic mass is 16.5. The molecule has 1 amide bonds. The van der Waals surface area contributed by atoms with Gasteiger partial charge in [0, 0.05) is 12.8 Å². The van der Waals surface area contributed by atoms with E-state index in [-0.39, 0.29) is 18.5 Å². The van der Waals surface area contributed by atoms with Crippen LogP contribution >= 0.6 is 0 Å². The van der Waals surface area contributed by atoms with Gasteiger partial charge >= 0.3 is 5.97 Å². The summed E-state index contributed by atoms with van der Waals surface area (Å²) in [6.45, 7) is 4.88. The molecule has 6 heteroatoms. The Morgan fingerprint density at radius 3 is 1.27 bits per heavy atom. The predicted octanol–water partition coefficient (Wildman–Crippen LogP) is 14.6. The number of allylic oxidation sites excluding steroid dienone is 2. The number of aliphatic hydroxyl groups excluding tert-OH is 2. The molecule has 0 saturated carbocycles. The summed E-state index contributed by atoms with van der Waals surface area (Å²) in [6, 6.07) is -0.560. The number of carbonyl (C=O) groups excluding carboxylic acids is 2. The Morgan fingerprint density at radius 1 is 0.482 bits per heavy atom. The van der Waals surface area contributed by atoms with Crippen LogP contribution in [-0.4, -0.2) is 47.4 Å². The molecule has 332 valence electrons. The fourth-order valence-electron chi connectivity index (χ4n) is 7.69. The molecule has 0 rings (SSSR count). The quantitative estimate of drug-likeness (QED) is 0.0324. The molecule has 0 aliphatic rings. The highest BCUT2D eigenvalue weighted by Crippen LogP contribution is 2.16. The van der Waals surface area contributed by atoms with Crippen molar-refractivity contribution in [1.29, 1.82) is 0 Å². The van der Waals surface area contributed by atoms with E-state index in [4.69, 9.17) is 4.74 Å². The fourth-order valence-corrected chi connectivity index (χ4v) is 7.69. The van der Waals surface area contributed by atoms with Crippen molar-refractivity contribution < 1.29 is 24.5 Å². The number of ether oxygens (including phenoxy) is 1. The number of nitrogens with one attached hydrogen (secondary N) is 1. The molecule has 0 aromatic rings. The molecule has 2 atom stereocenters. The molecule has 0 heterocycles. The van der Waals surface area contributed by atoms with E-state index in [2.05, 4.69) is 31.3 Å². The molecule has 0 radical (unpaired) electrons. The normalized spacial score (nSPS) is 12.7. The third kappa shape index (κ3) is 42.2. The van der Waals surface area contributed by atoms with Crippen molar-refractivity contribution in [1.82, 2.24) is 5.32 Å². The van der Waals surface area contributed by atoms with Gasteiger partial charge in [0.15, 0.2) is 0 Å². The molecule has 0 fully saturated rings. The van der Waals surface area contributed by atoms with Crippen molar-refractivity contribution in [2.45, 2.75) is 283 Å². The van der Waals surface area contributed by atoms with E-state index in [0.29, 0.717) is 25.9 Å². The van der Waals surface area contributed by atoms with Gasteiger partial charge in [-0.1, -0.05) is 219 Å². The number of esters is 1. The Kier molecular flexibility index (Phi) is 45.1. The van der Waals surface area contributed by atoms with Crippen LogP contribution in [-0.2, 0) is 14.3 Å². The Morgan fingerprint density at radius 2 is 0.839 bits per heavy atom. The van der Waals surface area contributed by atoms with Gasteiger partial charge in [-0.2, -0.15) is 0 Å². The molecular weight excluding hydrogens is 695 g/mol. The van der Waals surface area contributed by atoms with Gasteiger partial charge in [-0.15, -0.1) is 0 Å². The van der Waals surface area contributed by atoms with Crippen LogP contribution < -0.4 is 5.32 Å². The number of carbonyl (C=O) groups is 2. The summed E-state index contributed by atoms with van der Waals surface area (Å²) in [4.78, 5) is 24.4. The number of hydrogen-bond acceptors (Lipinski definition) is 5. The number of amides is 1. The Balaban J connectivity index is 3.51. The van der Waals surface area contributed by atoms with E-state index in [1.807, 2.05) is 0 Å². The Labute approximate surface area is 349 Å². The first kappa shape index (κ1) is 54.6. The topological polar surface area (TPSA) is 95.9 Å². The SMILES string of the molecule is CCCCCCCCCCCCCCCCCC(O)C(CO)NC(=O)CCCCCCC/C=C\CCCCOC(=O)CCCCCCCCCCCCCCC. The molecule has 0 aliphatic heterocycles. The monoisotopic (exact) mass is 792 g/mol. The van der Waals surface area contributed by atoms with Gasteiger partial charge in [0.2, 0.25) is 5.91 Å². The van der Waals surface area contributed by atoms with Gasteiger partial charge in [0.1, 0.15) is 0 Å². The number of aliphatic hydroxyl groups is 2. The van der Waals surface area contributed by atoms with Gasteiger partial charge in [-0.25, -0.2) is 0 Å². The van der Waals surface area contributed by atoms with E-state index >= 15 is 0 Å². The minimum Gasteiger partial charge on any atom is -0.466 e. The second-order valence-corrected chi connectivity index (χ2v) is 17.1. The highest BCUT2D eigenvalue weighted by molar-refractivity contribution is 5.76. The number of hydrogen-bond donors (Lipinski definition) is 3. The van der Waals surface area contributed by atoms with Gasteiger partial charge in [-0.05, 0) is 51.4 Å². The summed E-state index contributed by atoms with van der Waals surface area (Å²) in [5, 5.41) is 23.2. The first-order chi connectivity index (χ1) is 27.5. The molecule has 0 bridgehead atoms. The minimum absolute atomic E-state index is 0.0295. The molecule has 0 spiro atoms. The lowest BCUT2D eigenvalue weighted by atomic mass is 10.0. The smallest absolute Gasteiger partial charge is 0.305 e. The maximum absolute atomic E-state index is 12.4. The van der Waals surface area contributed by atoms with Crippen molar-refractivity contribution in [2.24, 2.45) is 0 Å². The van der Waals surface area contributed by atoms with Crippen LogP contribution in [0.1, 0.15) is 271 Å². The van der Waals surface area contributed by atoms with Crippen LogP contribution in [0.3, 0.4) is 0 Å². The maximum Gasteiger partial charge on any atom is 0.305 e. The van der Waals surface area contributed by atoms with E-state index in [1.165, 1.54) is 161 Å². The maximum atomic E-state index is 12.4. The summed E-state index contributed by atoms with van der Waals surface area (Å²) in [5.41, 5.74) is 0. The highest BCUT2D eigenvalue weighted by Gasteiger charge is 2.20. The summed E-state index contributed by atoms with van der Waals surface area (Å²) < 4.78 is 5.43. The molecule has 2 unspecified atom stereocenters. The van der Waals surface area contributed by atoms with Gasteiger partial charge in [0.05, 0.1) is 25.4 Å². The van der Waals surface area contributed by atoms with E-state index in [1.54, 1.807) is 0 Å². The van der Waals surface area contributed by atoms with Crippen LogP contribution in [0.5, 0.6) is 0 Å². The summed E-state index contributed by atoms with van der Waals surface area (Å²) in [7, 11) is 0. The molecule has 0 aromatic heterocycles. The standard InChI is InChI=1S/C50H97NO5/c1-3-5-7-9-11-13-15-17-18-20-22-26-30-34-38-42-48(53)47(46-52)51-49(54)43-39-35-31-27-23-21-25-29-33-37-41-45-56-50(55)44-40-36-32-28-24-19-16-14-12-10-8-6-4-2/h25,29,47-48,52-53H,3-24,26-28,30-46H2,1-2H3,(H,51,54)/b29-25-. The van der Waals surface area contributed by atoms with Crippen LogP contribution in [0, 0.1) is 0 Å². The summed E-state index contributed by atoms with van der Waals surface area (Å²) in [5.74, 6) is -0.0924. The van der Waals surface area contributed by atoms with Crippen molar-refractivity contribution in [3.05, 3.63) is 12.2 Å². The van der Waals surface area contributed by atoms with E-state index in [0.717, 1.165) is 77.0 Å². The van der Waals surface area contributed by atoms with Crippen LogP contribution in [0.15, 0.2) is 12.2 Å². The predicted molar refractivity (Wildman–Crippen MR) is 241 cm³/mol. The van der Waals surface area contributed by atoms with Crippen LogP contribution in [0.4, 0.5) is 0 Å². The first-order valence-electron chi connectivity index (χ1n) is 24.9. The van der Waals surface area contributed by atoms with Gasteiger partial charge in [-0.3, -0.25) is 9.59 Å². The molecule has 6 nitrogen and oxygen atoms in total. The van der Waals surface area contributed by atoms with E-state index in [9.17, 15) is 19.8 Å². The largest absolute Gasteiger partial charge is 0.466 e. The first-order valence-corrected chi connectivity index (χ1v) is 24.9. The molecular formula is C50H97NO5. The fraction of sp³-hybridized carbons (Fsp3) is 0.920. The third-order valence-corrected chi connectivity index (χ3v) is 11.6. The second kappa shape index (κ2) is 46.3. The zero-order valence-electron chi connectivity index (χ0n) is 37.6. The molecule has 56 heavy (non-hydrogen) atoms. The molecule has 0 aliphatic carbocycles. The summed E-state index contributed by atoms with van der Waals surface area (Å²) >= 11 is 0. The van der Waals surface area contributed by atoms with Crippen molar-refractivity contribution in [3.63, 3.8) is 0 Å². The number of rotatable bonds is 46. The van der Waals surface area contributed by atoms with Crippen LogP contribution in [0.2, 0.25) is 0 Å². The zero-order chi connectivity index (χ0) is 40.8. The van der Waals surface area contributed by atoms with Crippen molar-refractivity contribution in [2.75, 3.05) is 13.2 Å². The average Bonchev–Trinajstić information content (AvgIpc) is 3.20. The van der Waals surface area contributed by atoms with Crippen LogP contribution in [0.25, 0.3) is 0 Å². The summed E-state index contributed by atoms with van der Waals surface area (Å²) in [6.07, 6.45) is 51.7. The number of unbranched alkanes of at least 4 members (excludes halogenated alkanes) is 33. The lowest BCUT2D eigenvalue weighted by Gasteiger charge is -2.22. The van der Waals surface area contributed by atoms with E-state index < -0.39 is 12.1 Å². The van der Waals surface area contributed by atoms with Gasteiger partial charge in [0.25, 0.3) is 0 Å². The molecule has 0 aromatic carbocycles. The minimum atomic E-state index is -0.680. The third-order valence-electron chi connectivity index (χ3n) is 11.6. The molecule has 0 saturated heterocycles. The van der Waals surface area contributed by atoms with Crippen molar-refractivity contribution >= 4 is 11.9 Å². The second-order valence-electron chi connectivity index (χ2n) is 17.1.